The van der Waals surface area contributed by atoms with Gasteiger partial charge in [-0.05, 0) is 38.3 Å². The van der Waals surface area contributed by atoms with Crippen molar-refractivity contribution in [3.05, 3.63) is 31.9 Å². The van der Waals surface area contributed by atoms with Gasteiger partial charge in [-0.3, -0.25) is 23.9 Å². The maximum atomic E-state index is 13.0. The highest BCUT2D eigenvalue weighted by Gasteiger charge is 2.34. The summed E-state index contributed by atoms with van der Waals surface area (Å²) in [4.78, 5) is 42.3. The van der Waals surface area contributed by atoms with Gasteiger partial charge in [0.2, 0.25) is 0 Å². The first kappa shape index (κ1) is 25.9. The summed E-state index contributed by atoms with van der Waals surface area (Å²) in [5.41, 5.74) is 0.681. The molecule has 0 saturated carbocycles. The molecule has 34 heavy (non-hydrogen) atoms. The van der Waals surface area contributed by atoms with Crippen LogP contribution in [0.2, 0.25) is 0 Å². The Morgan fingerprint density at radius 3 is 2.76 bits per heavy atom. The van der Waals surface area contributed by atoms with Gasteiger partial charge in [-0.2, -0.15) is 5.26 Å². The molecule has 0 bridgehead atoms. The molecule has 9 nitrogen and oxygen atoms in total. The average molecular weight is 505 g/mol. The van der Waals surface area contributed by atoms with E-state index in [9.17, 15) is 19.6 Å². The maximum absolute atomic E-state index is 13.0. The molecule has 2 aliphatic rings. The number of carbonyl (C=O) groups excluding carboxylic acids is 2. The third-order valence-electron chi connectivity index (χ3n) is 5.98. The van der Waals surface area contributed by atoms with Crippen LogP contribution < -0.4 is 10.5 Å². The van der Waals surface area contributed by atoms with Gasteiger partial charge in [0.25, 0.3) is 11.5 Å². The quantitative estimate of drug-likeness (QED) is 0.314. The van der Waals surface area contributed by atoms with Crippen LogP contribution in [0.3, 0.4) is 0 Å². The number of hydrogen-bond donors (Lipinski definition) is 0. The molecule has 3 heterocycles. The number of aromatic nitrogens is 1. The molecule has 2 fully saturated rings. The van der Waals surface area contributed by atoms with Crippen LogP contribution in [-0.2, 0) is 26.1 Å². The number of pyridine rings is 1. The summed E-state index contributed by atoms with van der Waals surface area (Å²) in [6.45, 7) is 5.48. The van der Waals surface area contributed by atoms with E-state index in [-0.39, 0.29) is 23.4 Å². The number of carbonyl (C=O) groups is 2. The van der Waals surface area contributed by atoms with Crippen molar-refractivity contribution in [3.8, 4) is 6.07 Å². The SMILES string of the molecule is CCOC(=O)C1CCCN(c2c(/C=C3\SC(=S)N(CCOC)C3=O)c(C)c(C#N)c(=O)n2C)C1. The zero-order valence-electron chi connectivity index (χ0n) is 19.8. The largest absolute Gasteiger partial charge is 0.466 e. The zero-order chi connectivity index (χ0) is 25.0. The van der Waals surface area contributed by atoms with Crippen molar-refractivity contribution < 1.29 is 19.1 Å². The summed E-state index contributed by atoms with van der Waals surface area (Å²) in [6.07, 6.45) is 3.15. The van der Waals surface area contributed by atoms with Crippen LogP contribution in [0, 0.1) is 24.2 Å². The minimum atomic E-state index is -0.418. The van der Waals surface area contributed by atoms with E-state index in [1.54, 1.807) is 34.1 Å². The molecule has 1 aromatic rings. The Balaban J connectivity index is 2.10. The minimum absolute atomic E-state index is 0.0197. The van der Waals surface area contributed by atoms with E-state index in [1.165, 1.54) is 21.2 Å². The first-order chi connectivity index (χ1) is 16.2. The molecule has 1 aromatic heterocycles. The maximum Gasteiger partial charge on any atom is 0.310 e. The molecule has 0 aromatic carbocycles. The molecule has 2 saturated heterocycles. The number of esters is 1. The number of anilines is 1. The van der Waals surface area contributed by atoms with Crippen LogP contribution in [0.1, 0.15) is 36.5 Å². The van der Waals surface area contributed by atoms with Crippen molar-refractivity contribution in [1.29, 1.82) is 5.26 Å². The summed E-state index contributed by atoms with van der Waals surface area (Å²) in [7, 11) is 3.16. The number of amides is 1. The molecule has 0 spiro atoms. The second-order valence-corrected chi connectivity index (χ2v) is 9.75. The van der Waals surface area contributed by atoms with Crippen LogP contribution in [0.15, 0.2) is 9.70 Å². The lowest BCUT2D eigenvalue weighted by atomic mass is 9.96. The van der Waals surface area contributed by atoms with Crippen LogP contribution in [0.4, 0.5) is 5.82 Å². The van der Waals surface area contributed by atoms with E-state index in [0.29, 0.717) is 65.4 Å². The normalized spacial score (nSPS) is 19.6. The lowest BCUT2D eigenvalue weighted by molar-refractivity contribution is -0.148. The van der Waals surface area contributed by atoms with Crippen LogP contribution in [0.25, 0.3) is 6.08 Å². The Morgan fingerprint density at radius 2 is 2.12 bits per heavy atom. The highest BCUT2D eigenvalue weighted by atomic mass is 32.2. The minimum Gasteiger partial charge on any atom is -0.466 e. The van der Waals surface area contributed by atoms with E-state index >= 15 is 0 Å². The fourth-order valence-electron chi connectivity index (χ4n) is 4.22. The van der Waals surface area contributed by atoms with E-state index in [0.717, 1.165) is 6.42 Å². The summed E-state index contributed by atoms with van der Waals surface area (Å²) in [6, 6.07) is 2.00. The molecule has 3 rings (SSSR count). The monoisotopic (exact) mass is 504 g/mol. The number of rotatable bonds is 7. The Hall–Kier alpha value is -2.68. The number of methoxy groups -OCH3 is 1. The number of hydrogen-bond acceptors (Lipinski definition) is 9. The first-order valence-corrected chi connectivity index (χ1v) is 12.3. The van der Waals surface area contributed by atoms with Crippen molar-refractivity contribution in [2.45, 2.75) is 26.7 Å². The fraction of sp³-hybridized carbons (Fsp3) is 0.522. The van der Waals surface area contributed by atoms with Crippen LogP contribution in [-0.4, -0.2) is 65.6 Å². The molecule has 2 aliphatic heterocycles. The van der Waals surface area contributed by atoms with Crippen molar-refractivity contribution in [1.82, 2.24) is 9.47 Å². The molecule has 1 amide bonds. The number of nitriles is 1. The Kier molecular flexibility index (Phi) is 8.52. The smallest absolute Gasteiger partial charge is 0.310 e. The van der Waals surface area contributed by atoms with E-state index < -0.39 is 5.56 Å². The molecule has 0 aliphatic carbocycles. The topological polar surface area (TPSA) is 105 Å². The van der Waals surface area contributed by atoms with Gasteiger partial charge in [-0.15, -0.1) is 0 Å². The number of nitrogens with zero attached hydrogens (tertiary/aromatic N) is 4. The molecule has 1 atom stereocenters. The second kappa shape index (κ2) is 11.2. The van der Waals surface area contributed by atoms with Crippen molar-refractivity contribution in [2.75, 3.05) is 44.9 Å². The van der Waals surface area contributed by atoms with Crippen LogP contribution >= 0.6 is 24.0 Å². The zero-order valence-corrected chi connectivity index (χ0v) is 21.4. The number of piperidine rings is 1. The highest BCUT2D eigenvalue weighted by Crippen LogP contribution is 2.36. The van der Waals surface area contributed by atoms with E-state index in [4.69, 9.17) is 21.7 Å². The standard InChI is InChI=1S/C23H28N4O5S2/c1-5-32-22(30)15-7-6-8-26(13-15)19-16(14(2)17(12-24)20(28)25(19)3)11-18-21(29)27(9-10-31-4)23(33)34-18/h11,15H,5-10,13H2,1-4H3/b18-11-. The Labute approximate surface area is 208 Å². The Bertz CT molecular complexity index is 1140. The summed E-state index contributed by atoms with van der Waals surface area (Å²) < 4.78 is 12.2. The highest BCUT2D eigenvalue weighted by molar-refractivity contribution is 8.26. The predicted molar refractivity (Wildman–Crippen MR) is 134 cm³/mol. The molecular weight excluding hydrogens is 476 g/mol. The van der Waals surface area contributed by atoms with Gasteiger partial charge >= 0.3 is 5.97 Å². The van der Waals surface area contributed by atoms with Gasteiger partial charge in [0.05, 0.1) is 30.6 Å². The lowest BCUT2D eigenvalue weighted by Gasteiger charge is -2.35. The molecular formula is C23H28N4O5S2. The Morgan fingerprint density at radius 1 is 1.38 bits per heavy atom. The molecule has 11 heteroatoms. The van der Waals surface area contributed by atoms with Crippen molar-refractivity contribution >= 4 is 52.1 Å². The lowest BCUT2D eigenvalue weighted by Crippen LogP contribution is -2.42. The van der Waals surface area contributed by atoms with Crippen LogP contribution in [0.5, 0.6) is 0 Å². The summed E-state index contributed by atoms with van der Waals surface area (Å²) in [5, 5.41) is 9.64. The van der Waals surface area contributed by atoms with E-state index in [1.807, 2.05) is 11.0 Å². The second-order valence-electron chi connectivity index (χ2n) is 8.08. The van der Waals surface area contributed by atoms with E-state index in [2.05, 4.69) is 0 Å². The van der Waals surface area contributed by atoms with Gasteiger partial charge in [0.1, 0.15) is 21.8 Å². The van der Waals surface area contributed by atoms with Crippen molar-refractivity contribution in [3.63, 3.8) is 0 Å². The molecule has 1 unspecified atom stereocenters. The van der Waals surface area contributed by atoms with Crippen molar-refractivity contribution in [2.24, 2.45) is 13.0 Å². The third kappa shape index (κ3) is 5.04. The third-order valence-corrected chi connectivity index (χ3v) is 7.35. The van der Waals surface area contributed by atoms with Gasteiger partial charge in [0, 0.05) is 32.8 Å². The summed E-state index contributed by atoms with van der Waals surface area (Å²) >= 11 is 6.56. The van der Waals surface area contributed by atoms with Gasteiger partial charge in [-0.1, -0.05) is 24.0 Å². The fourth-order valence-corrected chi connectivity index (χ4v) is 5.51. The summed E-state index contributed by atoms with van der Waals surface area (Å²) in [5.74, 6) is -0.256. The van der Waals surface area contributed by atoms with Gasteiger partial charge in [-0.25, -0.2) is 0 Å². The van der Waals surface area contributed by atoms with Gasteiger partial charge in [0.15, 0.2) is 0 Å². The average Bonchev–Trinajstić information content (AvgIpc) is 3.09. The number of ether oxygens (including phenoxy) is 2. The predicted octanol–water partition coefficient (Wildman–Crippen LogP) is 2.19. The molecule has 0 radical (unpaired) electrons. The molecule has 0 N–H and O–H groups in total. The molecule has 182 valence electrons. The van der Waals surface area contributed by atoms with Gasteiger partial charge < -0.3 is 14.4 Å². The number of thioether (sulfide) groups is 1. The number of thiocarbonyl (C=S) groups is 1. The first-order valence-electron chi connectivity index (χ1n) is 11.0.